The molecule has 3 aliphatic rings. The molecule has 0 spiro atoms. The second-order valence-corrected chi connectivity index (χ2v) is 5.95. The molecule has 3 saturated heterocycles. The van der Waals surface area contributed by atoms with Crippen LogP contribution in [0, 0.1) is 5.92 Å². The van der Waals surface area contributed by atoms with Gasteiger partial charge in [0.1, 0.15) is 0 Å². The lowest BCUT2D eigenvalue weighted by atomic mass is 10.0. The Morgan fingerprint density at radius 3 is 2.89 bits per heavy atom. The first kappa shape index (κ1) is 12.6. The minimum atomic E-state index is 0.174. The molecule has 0 aliphatic carbocycles. The average Bonchev–Trinajstić information content (AvgIpc) is 2.99. The minimum Gasteiger partial charge on any atom is -0.381 e. The van der Waals surface area contributed by atoms with Crippen molar-refractivity contribution in [1.82, 2.24) is 9.80 Å². The number of carbonyl (C=O) groups is 1. The number of rotatable bonds is 3. The van der Waals surface area contributed by atoms with E-state index in [-0.39, 0.29) is 5.92 Å². The van der Waals surface area contributed by atoms with Crippen molar-refractivity contribution in [2.75, 3.05) is 45.9 Å². The summed E-state index contributed by atoms with van der Waals surface area (Å²) in [5.74, 6) is 0.576. The van der Waals surface area contributed by atoms with Crippen LogP contribution in [0.1, 0.15) is 25.7 Å². The zero-order valence-corrected chi connectivity index (χ0v) is 11.1. The molecular formula is C14H24N2O2. The highest BCUT2D eigenvalue weighted by Crippen LogP contribution is 2.22. The first-order valence-electron chi connectivity index (χ1n) is 7.40. The molecule has 2 unspecified atom stereocenters. The largest absolute Gasteiger partial charge is 0.381 e. The van der Waals surface area contributed by atoms with Crippen LogP contribution in [0.4, 0.5) is 0 Å². The number of hydrogen-bond donors (Lipinski definition) is 0. The zero-order chi connectivity index (χ0) is 12.4. The van der Waals surface area contributed by atoms with Gasteiger partial charge in [0, 0.05) is 25.1 Å². The van der Waals surface area contributed by atoms with Gasteiger partial charge in [-0.25, -0.2) is 0 Å². The Kier molecular flexibility index (Phi) is 3.97. The Balaban J connectivity index is 1.53. The summed E-state index contributed by atoms with van der Waals surface area (Å²) in [6.07, 6.45) is 4.80. The maximum Gasteiger partial charge on any atom is 0.152 e. The number of ketones is 1. The van der Waals surface area contributed by atoms with E-state index >= 15 is 0 Å². The second-order valence-electron chi connectivity index (χ2n) is 5.95. The molecule has 0 saturated carbocycles. The van der Waals surface area contributed by atoms with E-state index in [1.54, 1.807) is 0 Å². The van der Waals surface area contributed by atoms with Gasteiger partial charge in [-0.15, -0.1) is 0 Å². The first-order chi connectivity index (χ1) is 8.83. The SMILES string of the molecule is O=C(CN1CCCN2CCCC2C1)C1CCOC1. The van der Waals surface area contributed by atoms with Crippen LogP contribution < -0.4 is 0 Å². The third kappa shape index (κ3) is 2.76. The summed E-state index contributed by atoms with van der Waals surface area (Å²) in [7, 11) is 0. The van der Waals surface area contributed by atoms with Crippen LogP contribution in [0.2, 0.25) is 0 Å². The van der Waals surface area contributed by atoms with Gasteiger partial charge in [-0.3, -0.25) is 14.6 Å². The van der Waals surface area contributed by atoms with Gasteiger partial charge in [0.2, 0.25) is 0 Å². The number of Topliss-reactive ketones (excluding diaryl/α,β-unsaturated/α-hetero) is 1. The Hall–Kier alpha value is -0.450. The van der Waals surface area contributed by atoms with E-state index in [0.717, 1.165) is 26.1 Å². The summed E-state index contributed by atoms with van der Waals surface area (Å²) in [5, 5.41) is 0. The summed E-state index contributed by atoms with van der Waals surface area (Å²) in [4.78, 5) is 17.2. The van der Waals surface area contributed by atoms with Crippen LogP contribution in [0.15, 0.2) is 0 Å². The maximum atomic E-state index is 12.2. The van der Waals surface area contributed by atoms with E-state index < -0.39 is 0 Å². The summed E-state index contributed by atoms with van der Waals surface area (Å²) in [5.41, 5.74) is 0. The number of nitrogens with zero attached hydrogens (tertiary/aromatic N) is 2. The van der Waals surface area contributed by atoms with E-state index in [1.165, 1.54) is 32.4 Å². The molecule has 2 atom stereocenters. The molecule has 3 rings (SSSR count). The van der Waals surface area contributed by atoms with Crippen LogP contribution in [0.3, 0.4) is 0 Å². The van der Waals surface area contributed by atoms with Crippen molar-refractivity contribution in [1.29, 1.82) is 0 Å². The van der Waals surface area contributed by atoms with E-state index in [2.05, 4.69) is 9.80 Å². The summed E-state index contributed by atoms with van der Waals surface area (Å²) in [6.45, 7) is 6.75. The molecule has 18 heavy (non-hydrogen) atoms. The third-order valence-corrected chi connectivity index (χ3v) is 4.65. The highest BCUT2D eigenvalue weighted by molar-refractivity contribution is 5.83. The van der Waals surface area contributed by atoms with Crippen LogP contribution in [-0.4, -0.2) is 67.6 Å². The van der Waals surface area contributed by atoms with Crippen molar-refractivity contribution < 1.29 is 9.53 Å². The smallest absolute Gasteiger partial charge is 0.152 e. The molecule has 0 N–H and O–H groups in total. The standard InChI is InChI=1S/C14H24N2O2/c17-14(12-4-8-18-11-12)10-15-5-2-7-16-6-1-3-13(16)9-15/h12-13H,1-11H2. The molecule has 0 radical (unpaired) electrons. The molecule has 0 aromatic rings. The number of carbonyl (C=O) groups excluding carboxylic acids is 1. The maximum absolute atomic E-state index is 12.2. The fourth-order valence-electron chi connectivity index (χ4n) is 3.56. The minimum absolute atomic E-state index is 0.174. The van der Waals surface area contributed by atoms with E-state index in [4.69, 9.17) is 4.74 Å². The predicted octanol–water partition coefficient (Wildman–Crippen LogP) is 0.762. The highest BCUT2D eigenvalue weighted by atomic mass is 16.5. The van der Waals surface area contributed by atoms with Crippen molar-refractivity contribution in [3.05, 3.63) is 0 Å². The van der Waals surface area contributed by atoms with Crippen molar-refractivity contribution in [3.8, 4) is 0 Å². The van der Waals surface area contributed by atoms with Crippen LogP contribution in [-0.2, 0) is 9.53 Å². The van der Waals surface area contributed by atoms with Crippen molar-refractivity contribution in [3.63, 3.8) is 0 Å². The third-order valence-electron chi connectivity index (χ3n) is 4.65. The molecule has 3 aliphatic heterocycles. The lowest BCUT2D eigenvalue weighted by Gasteiger charge is -2.25. The van der Waals surface area contributed by atoms with Crippen LogP contribution in [0.5, 0.6) is 0 Å². The lowest BCUT2D eigenvalue weighted by Crippen LogP contribution is -2.40. The lowest BCUT2D eigenvalue weighted by molar-refractivity contribution is -0.124. The Morgan fingerprint density at radius 2 is 2.06 bits per heavy atom. The van der Waals surface area contributed by atoms with E-state index in [0.29, 0.717) is 25.0 Å². The van der Waals surface area contributed by atoms with Crippen molar-refractivity contribution in [2.24, 2.45) is 5.92 Å². The normalized spacial score (nSPS) is 34.4. The van der Waals surface area contributed by atoms with Crippen molar-refractivity contribution >= 4 is 5.78 Å². The molecule has 0 bridgehead atoms. The Morgan fingerprint density at radius 1 is 1.17 bits per heavy atom. The Labute approximate surface area is 109 Å². The average molecular weight is 252 g/mol. The molecule has 3 heterocycles. The van der Waals surface area contributed by atoms with Gasteiger partial charge < -0.3 is 4.74 Å². The molecule has 4 heteroatoms. The fourth-order valence-corrected chi connectivity index (χ4v) is 3.56. The topological polar surface area (TPSA) is 32.8 Å². The van der Waals surface area contributed by atoms with Gasteiger partial charge in [0.25, 0.3) is 0 Å². The van der Waals surface area contributed by atoms with E-state index in [1.807, 2.05) is 0 Å². The number of fused-ring (bicyclic) bond motifs is 1. The zero-order valence-electron chi connectivity index (χ0n) is 11.1. The second kappa shape index (κ2) is 5.68. The molecule has 102 valence electrons. The first-order valence-corrected chi connectivity index (χ1v) is 7.40. The van der Waals surface area contributed by atoms with Gasteiger partial charge >= 0.3 is 0 Å². The molecular weight excluding hydrogens is 228 g/mol. The monoisotopic (exact) mass is 252 g/mol. The molecule has 4 nitrogen and oxygen atoms in total. The summed E-state index contributed by atoms with van der Waals surface area (Å²) >= 11 is 0. The van der Waals surface area contributed by atoms with Gasteiger partial charge in [-0.2, -0.15) is 0 Å². The van der Waals surface area contributed by atoms with Gasteiger partial charge in [-0.05, 0) is 45.3 Å². The molecule has 0 aromatic heterocycles. The summed E-state index contributed by atoms with van der Waals surface area (Å²) < 4.78 is 5.31. The number of ether oxygens (including phenoxy) is 1. The van der Waals surface area contributed by atoms with Gasteiger partial charge in [-0.1, -0.05) is 0 Å². The van der Waals surface area contributed by atoms with Crippen LogP contribution >= 0.6 is 0 Å². The molecule has 0 amide bonds. The Bertz CT molecular complexity index is 302. The molecule has 3 fully saturated rings. The van der Waals surface area contributed by atoms with Gasteiger partial charge in [0.05, 0.1) is 13.2 Å². The predicted molar refractivity (Wildman–Crippen MR) is 69.6 cm³/mol. The fraction of sp³-hybridized carbons (Fsp3) is 0.929. The highest BCUT2D eigenvalue weighted by Gasteiger charge is 2.31. The quantitative estimate of drug-likeness (QED) is 0.742. The van der Waals surface area contributed by atoms with Crippen molar-refractivity contribution in [2.45, 2.75) is 31.7 Å². The number of hydrogen-bond acceptors (Lipinski definition) is 4. The summed E-state index contributed by atoms with van der Waals surface area (Å²) in [6, 6.07) is 0.708. The van der Waals surface area contributed by atoms with E-state index in [9.17, 15) is 4.79 Å². The molecule has 0 aromatic carbocycles. The van der Waals surface area contributed by atoms with Gasteiger partial charge in [0.15, 0.2) is 5.78 Å². The van der Waals surface area contributed by atoms with Crippen LogP contribution in [0.25, 0.3) is 0 Å².